The van der Waals surface area contributed by atoms with Crippen LogP contribution in [0.2, 0.25) is 0 Å². The van der Waals surface area contributed by atoms with Gasteiger partial charge in [0.25, 0.3) is 0 Å². The van der Waals surface area contributed by atoms with Crippen molar-refractivity contribution in [3.05, 3.63) is 71.8 Å². The van der Waals surface area contributed by atoms with Crippen molar-refractivity contribution in [3.63, 3.8) is 0 Å². The summed E-state index contributed by atoms with van der Waals surface area (Å²) >= 11 is 0. The maximum absolute atomic E-state index is 11.8. The molecule has 3 N–H and O–H groups in total. The molecule has 3 nitrogen and oxygen atoms in total. The van der Waals surface area contributed by atoms with Gasteiger partial charge in [-0.2, -0.15) is 0 Å². The molecule has 0 heterocycles. The molecule has 2 aromatic rings. The van der Waals surface area contributed by atoms with E-state index < -0.39 is 5.54 Å². The molecule has 0 fully saturated rings. The molecule has 0 radical (unpaired) electrons. The van der Waals surface area contributed by atoms with Crippen molar-refractivity contribution < 1.29 is 17.2 Å². The van der Waals surface area contributed by atoms with E-state index in [2.05, 4.69) is 17.4 Å². The topological polar surface area (TPSA) is 55.1 Å². The van der Waals surface area contributed by atoms with Crippen LogP contribution in [0.15, 0.2) is 60.7 Å². The number of amides is 1. The molecule has 1 unspecified atom stereocenters. The van der Waals surface area contributed by atoms with Gasteiger partial charge in [0.1, 0.15) is 0 Å². The summed E-state index contributed by atoms with van der Waals surface area (Å²) in [5, 5.41) is 3.04. The molecule has 0 bridgehead atoms. The fraction of sp³-hybridized carbons (Fsp3) is 0.235. The number of halogens is 1. The molecule has 0 saturated carbocycles. The number of hydrogen-bond acceptors (Lipinski definition) is 2. The summed E-state index contributed by atoms with van der Waals surface area (Å²) in [4.78, 5) is 11.8. The van der Waals surface area contributed by atoms with Gasteiger partial charge in [-0.15, -0.1) is 0 Å². The van der Waals surface area contributed by atoms with Crippen LogP contribution in [0.25, 0.3) is 0 Å². The Balaban J connectivity index is 0.00000220. The van der Waals surface area contributed by atoms with Crippen LogP contribution >= 0.6 is 0 Å². The van der Waals surface area contributed by atoms with E-state index in [0.29, 0.717) is 0 Å². The molecule has 0 aromatic heterocycles. The van der Waals surface area contributed by atoms with Gasteiger partial charge in [-0.1, -0.05) is 60.7 Å². The zero-order valence-electron chi connectivity index (χ0n) is 12.1. The second kappa shape index (κ2) is 7.81. The first-order valence-electron chi connectivity index (χ1n) is 6.74. The highest BCUT2D eigenvalue weighted by atomic mass is 35.5. The normalized spacial score (nSPS) is 12.9. The number of hydrogen-bond donors (Lipinski definition) is 2. The van der Waals surface area contributed by atoms with E-state index in [1.807, 2.05) is 55.5 Å². The first kappa shape index (κ1) is 17.2. The molecule has 21 heavy (non-hydrogen) atoms. The summed E-state index contributed by atoms with van der Waals surface area (Å²) in [6.45, 7) is 2.03. The van der Waals surface area contributed by atoms with Crippen molar-refractivity contribution in [2.24, 2.45) is 5.73 Å². The van der Waals surface area contributed by atoms with Crippen molar-refractivity contribution >= 4 is 5.91 Å². The van der Waals surface area contributed by atoms with Crippen molar-refractivity contribution in [1.29, 1.82) is 0 Å². The van der Waals surface area contributed by atoms with Gasteiger partial charge in [0.2, 0.25) is 5.91 Å². The Bertz CT molecular complexity index is 560. The molecule has 0 aliphatic heterocycles. The van der Waals surface area contributed by atoms with Crippen LogP contribution in [0.5, 0.6) is 0 Å². The Morgan fingerprint density at radius 2 is 1.57 bits per heavy atom. The molecule has 0 aliphatic carbocycles. The number of carbonyl (C=O) groups is 1. The van der Waals surface area contributed by atoms with Crippen LogP contribution in [-0.4, -0.2) is 12.5 Å². The Labute approximate surface area is 132 Å². The molecule has 0 spiro atoms. The second-order valence-electron chi connectivity index (χ2n) is 5.11. The number of nitrogens with one attached hydrogen (secondary N) is 1. The smallest absolute Gasteiger partial charge is 0.234 e. The van der Waals surface area contributed by atoms with Gasteiger partial charge in [0.05, 0.1) is 12.1 Å². The highest BCUT2D eigenvalue weighted by Gasteiger charge is 2.28. The van der Waals surface area contributed by atoms with Crippen LogP contribution in [0, 0.1) is 0 Å². The number of nitrogens with two attached hydrogens (primary N) is 1. The summed E-state index contributed by atoms with van der Waals surface area (Å²) < 4.78 is 0. The third-order valence-corrected chi connectivity index (χ3v) is 3.41. The summed E-state index contributed by atoms with van der Waals surface area (Å²) in [7, 11) is 0. The highest BCUT2D eigenvalue weighted by Crippen LogP contribution is 2.25. The van der Waals surface area contributed by atoms with Gasteiger partial charge >= 0.3 is 0 Å². The molecule has 0 aliphatic rings. The monoisotopic (exact) mass is 303 g/mol. The Morgan fingerprint density at radius 3 is 2.10 bits per heavy atom. The SMILES string of the molecule is CC(Cc1ccccc1)(NC(=O)CN)c1ccccc1.[Cl-]. The molecule has 4 heteroatoms. The number of carbonyl (C=O) groups excluding carboxylic acids is 1. The van der Waals surface area contributed by atoms with E-state index in [9.17, 15) is 4.79 Å². The van der Waals surface area contributed by atoms with Gasteiger partial charge in [-0.05, 0) is 24.5 Å². The lowest BCUT2D eigenvalue weighted by Gasteiger charge is -2.31. The van der Waals surface area contributed by atoms with Crippen LogP contribution in [0.1, 0.15) is 18.1 Å². The summed E-state index contributed by atoms with van der Waals surface area (Å²) in [5.74, 6) is -0.146. The lowest BCUT2D eigenvalue weighted by molar-refractivity contribution is -0.121. The Hall–Kier alpha value is -1.84. The van der Waals surface area contributed by atoms with Gasteiger partial charge in [-0.25, -0.2) is 0 Å². The Kier molecular flexibility index (Phi) is 6.40. The van der Waals surface area contributed by atoms with Crippen LogP contribution in [-0.2, 0) is 16.8 Å². The minimum atomic E-state index is -0.459. The van der Waals surface area contributed by atoms with Crippen LogP contribution in [0.3, 0.4) is 0 Å². The lowest BCUT2D eigenvalue weighted by Crippen LogP contribution is -3.00. The predicted octanol–water partition coefficient (Wildman–Crippen LogP) is -0.777. The molecule has 2 aromatic carbocycles. The third-order valence-electron chi connectivity index (χ3n) is 3.41. The molecular formula is C17H20ClN2O-. The minimum absolute atomic E-state index is 0. The largest absolute Gasteiger partial charge is 1.00 e. The first-order chi connectivity index (χ1) is 9.64. The van der Waals surface area contributed by atoms with E-state index in [4.69, 9.17) is 5.73 Å². The van der Waals surface area contributed by atoms with E-state index in [1.165, 1.54) is 5.56 Å². The fourth-order valence-electron chi connectivity index (χ4n) is 2.39. The quantitative estimate of drug-likeness (QED) is 0.762. The fourth-order valence-corrected chi connectivity index (χ4v) is 2.39. The van der Waals surface area contributed by atoms with Crippen molar-refractivity contribution in [1.82, 2.24) is 5.32 Å². The maximum Gasteiger partial charge on any atom is 0.234 e. The highest BCUT2D eigenvalue weighted by molar-refractivity contribution is 5.78. The summed E-state index contributed by atoms with van der Waals surface area (Å²) in [5.41, 5.74) is 7.23. The van der Waals surface area contributed by atoms with E-state index >= 15 is 0 Å². The van der Waals surface area contributed by atoms with Gasteiger partial charge in [0.15, 0.2) is 0 Å². The van der Waals surface area contributed by atoms with Gasteiger partial charge in [0, 0.05) is 0 Å². The zero-order chi connectivity index (χ0) is 14.4. The third kappa shape index (κ3) is 4.59. The Morgan fingerprint density at radius 1 is 1.05 bits per heavy atom. The zero-order valence-corrected chi connectivity index (χ0v) is 12.8. The summed E-state index contributed by atoms with van der Waals surface area (Å²) in [6.07, 6.45) is 0.726. The molecule has 0 saturated heterocycles. The molecule has 1 amide bonds. The van der Waals surface area contributed by atoms with Crippen LogP contribution < -0.4 is 23.5 Å². The van der Waals surface area contributed by atoms with E-state index in [0.717, 1.165) is 12.0 Å². The van der Waals surface area contributed by atoms with Gasteiger partial charge in [-0.3, -0.25) is 4.79 Å². The standard InChI is InChI=1S/C17H20N2O.ClH/c1-17(19-16(20)13-18,15-10-6-3-7-11-15)12-14-8-4-2-5-9-14;/h2-11H,12-13,18H2,1H3,(H,19,20);1H/p-1. The lowest BCUT2D eigenvalue weighted by atomic mass is 9.85. The average molecular weight is 304 g/mol. The van der Waals surface area contributed by atoms with Gasteiger partial charge < -0.3 is 23.5 Å². The van der Waals surface area contributed by atoms with E-state index in [1.54, 1.807) is 0 Å². The molecule has 2 rings (SSSR count). The van der Waals surface area contributed by atoms with E-state index in [-0.39, 0.29) is 24.9 Å². The van der Waals surface area contributed by atoms with Crippen molar-refractivity contribution in [2.75, 3.05) is 6.54 Å². The molecule has 112 valence electrons. The van der Waals surface area contributed by atoms with Crippen molar-refractivity contribution in [3.8, 4) is 0 Å². The molecular weight excluding hydrogens is 284 g/mol. The number of benzene rings is 2. The predicted molar refractivity (Wildman–Crippen MR) is 81.1 cm³/mol. The average Bonchev–Trinajstić information content (AvgIpc) is 2.49. The summed E-state index contributed by atoms with van der Waals surface area (Å²) in [6, 6.07) is 20.1. The molecule has 1 atom stereocenters. The second-order valence-corrected chi connectivity index (χ2v) is 5.11. The number of rotatable bonds is 5. The van der Waals surface area contributed by atoms with Crippen molar-refractivity contribution in [2.45, 2.75) is 18.9 Å². The minimum Gasteiger partial charge on any atom is -1.00 e. The maximum atomic E-state index is 11.8. The first-order valence-corrected chi connectivity index (χ1v) is 6.74. The van der Waals surface area contributed by atoms with Crippen LogP contribution in [0.4, 0.5) is 0 Å².